The lowest BCUT2D eigenvalue weighted by molar-refractivity contribution is 0.0597. The Morgan fingerprint density at radius 1 is 1.20 bits per heavy atom. The second-order valence-corrected chi connectivity index (χ2v) is 5.80. The van der Waals surface area contributed by atoms with E-state index in [-0.39, 0.29) is 5.97 Å². The summed E-state index contributed by atoms with van der Waals surface area (Å²) in [7, 11) is 5.23. The fourth-order valence-electron chi connectivity index (χ4n) is 3.22. The summed E-state index contributed by atoms with van der Waals surface area (Å²) < 4.78 is 11.0. The molecule has 4 heteroatoms. The molecule has 1 heterocycles. The predicted octanol–water partition coefficient (Wildman–Crippen LogP) is 2.99. The van der Waals surface area contributed by atoms with Crippen molar-refractivity contribution >= 4 is 11.7 Å². The first kappa shape index (κ1) is 14.9. The fourth-order valence-corrected chi connectivity index (χ4v) is 3.22. The van der Waals surface area contributed by atoms with Gasteiger partial charge in [0.25, 0.3) is 0 Å². The molecule has 110 valence electrons. The highest BCUT2D eigenvalue weighted by atomic mass is 16.5. The Labute approximate surface area is 120 Å². The topological polar surface area (TPSA) is 35.5 Å². The highest BCUT2D eigenvalue weighted by Crippen LogP contribution is 2.39. The van der Waals surface area contributed by atoms with Gasteiger partial charge in [-0.3, -0.25) is 4.48 Å². The van der Waals surface area contributed by atoms with E-state index in [1.54, 1.807) is 13.2 Å². The van der Waals surface area contributed by atoms with Gasteiger partial charge in [0.2, 0.25) is 0 Å². The zero-order chi connectivity index (χ0) is 14.9. The number of benzene rings is 1. The zero-order valence-corrected chi connectivity index (χ0v) is 13.0. The molecule has 0 bridgehead atoms. The van der Waals surface area contributed by atoms with E-state index in [0.717, 1.165) is 4.48 Å². The molecule has 0 spiro atoms. The van der Waals surface area contributed by atoms with E-state index in [1.165, 1.54) is 25.6 Å². The SMILES string of the molecule is COC(=O)c1ccc([N+]2(C)C(C)CCC2C)cc1OC. The van der Waals surface area contributed by atoms with Crippen LogP contribution >= 0.6 is 0 Å². The van der Waals surface area contributed by atoms with Crippen molar-refractivity contribution in [3.05, 3.63) is 23.8 Å². The molecule has 1 saturated heterocycles. The maximum Gasteiger partial charge on any atom is 0.341 e. The number of hydrogen-bond acceptors (Lipinski definition) is 3. The van der Waals surface area contributed by atoms with Crippen LogP contribution in [0, 0.1) is 0 Å². The van der Waals surface area contributed by atoms with Crippen LogP contribution in [0.25, 0.3) is 0 Å². The van der Waals surface area contributed by atoms with E-state index in [2.05, 4.69) is 20.9 Å². The molecule has 0 aliphatic carbocycles. The lowest BCUT2D eigenvalue weighted by atomic mass is 10.1. The molecule has 0 aromatic heterocycles. The highest BCUT2D eigenvalue weighted by molar-refractivity contribution is 5.93. The zero-order valence-electron chi connectivity index (χ0n) is 13.0. The Balaban J connectivity index is 2.47. The first-order chi connectivity index (χ1) is 9.44. The van der Waals surface area contributed by atoms with Gasteiger partial charge in [-0.15, -0.1) is 0 Å². The third-order valence-corrected chi connectivity index (χ3v) is 4.98. The molecule has 2 atom stereocenters. The van der Waals surface area contributed by atoms with Crippen LogP contribution in [-0.4, -0.2) is 39.3 Å². The number of esters is 1. The van der Waals surface area contributed by atoms with E-state index in [9.17, 15) is 4.79 Å². The van der Waals surface area contributed by atoms with Gasteiger partial charge in [-0.1, -0.05) is 0 Å². The molecule has 0 radical (unpaired) electrons. The molecule has 0 saturated carbocycles. The van der Waals surface area contributed by atoms with Gasteiger partial charge in [-0.25, -0.2) is 4.79 Å². The lowest BCUT2D eigenvalue weighted by Gasteiger charge is -2.38. The molecule has 2 unspecified atom stereocenters. The average molecular weight is 278 g/mol. The molecule has 20 heavy (non-hydrogen) atoms. The molecule has 1 aliphatic heterocycles. The quantitative estimate of drug-likeness (QED) is 0.630. The minimum absolute atomic E-state index is 0.362. The maximum atomic E-state index is 11.7. The van der Waals surface area contributed by atoms with Crippen LogP contribution in [-0.2, 0) is 4.74 Å². The number of carbonyl (C=O) groups is 1. The predicted molar refractivity (Wildman–Crippen MR) is 80.2 cm³/mol. The molecule has 1 fully saturated rings. The molecule has 4 nitrogen and oxygen atoms in total. The summed E-state index contributed by atoms with van der Waals surface area (Å²) in [6.07, 6.45) is 2.44. The fraction of sp³-hybridized carbons (Fsp3) is 0.562. The number of methoxy groups -OCH3 is 2. The summed E-state index contributed by atoms with van der Waals surface area (Å²) in [5, 5.41) is 0. The van der Waals surface area contributed by atoms with E-state index in [1.807, 2.05) is 12.1 Å². The Kier molecular flexibility index (Phi) is 4.04. The van der Waals surface area contributed by atoms with Crippen LogP contribution in [0.3, 0.4) is 0 Å². The van der Waals surface area contributed by atoms with Gasteiger partial charge in [0.15, 0.2) is 0 Å². The number of nitrogens with zero attached hydrogens (tertiary/aromatic N) is 1. The minimum atomic E-state index is -0.362. The number of quaternary nitrogens is 1. The van der Waals surface area contributed by atoms with Gasteiger partial charge in [-0.2, -0.15) is 0 Å². The molecule has 1 aromatic rings. The van der Waals surface area contributed by atoms with Crippen LogP contribution in [0.1, 0.15) is 37.0 Å². The van der Waals surface area contributed by atoms with Crippen molar-refractivity contribution in [2.75, 3.05) is 21.3 Å². The van der Waals surface area contributed by atoms with Gasteiger partial charge < -0.3 is 9.47 Å². The van der Waals surface area contributed by atoms with Crippen molar-refractivity contribution < 1.29 is 14.3 Å². The van der Waals surface area contributed by atoms with Crippen LogP contribution in [0.5, 0.6) is 5.75 Å². The average Bonchev–Trinajstić information content (AvgIpc) is 2.74. The van der Waals surface area contributed by atoms with Crippen molar-refractivity contribution in [2.24, 2.45) is 0 Å². The van der Waals surface area contributed by atoms with E-state index in [0.29, 0.717) is 23.4 Å². The number of likely N-dealkylation sites (tertiary alicyclic amines) is 1. The second kappa shape index (κ2) is 5.44. The molecule has 2 rings (SSSR count). The second-order valence-electron chi connectivity index (χ2n) is 5.80. The van der Waals surface area contributed by atoms with Gasteiger partial charge in [-0.05, 0) is 19.9 Å². The first-order valence-electron chi connectivity index (χ1n) is 7.08. The van der Waals surface area contributed by atoms with Crippen LogP contribution in [0.4, 0.5) is 5.69 Å². The molecule has 0 N–H and O–H groups in total. The van der Waals surface area contributed by atoms with Crippen LogP contribution in [0.2, 0.25) is 0 Å². The molecule has 0 amide bonds. The van der Waals surface area contributed by atoms with E-state index >= 15 is 0 Å². The largest absolute Gasteiger partial charge is 0.496 e. The molecular weight excluding hydrogens is 254 g/mol. The van der Waals surface area contributed by atoms with Crippen molar-refractivity contribution in [1.29, 1.82) is 0 Å². The smallest absolute Gasteiger partial charge is 0.341 e. The van der Waals surface area contributed by atoms with Crippen molar-refractivity contribution in [2.45, 2.75) is 38.8 Å². The first-order valence-corrected chi connectivity index (χ1v) is 7.08. The standard InChI is InChI=1S/C16H24NO3/c1-11-6-7-12(2)17(11,3)13-8-9-14(16(18)20-5)15(10-13)19-4/h8-12H,6-7H2,1-5H3/q+1. The van der Waals surface area contributed by atoms with Crippen LogP contribution < -0.4 is 9.22 Å². The Morgan fingerprint density at radius 3 is 2.30 bits per heavy atom. The molecule has 1 aromatic carbocycles. The molecule has 1 aliphatic rings. The van der Waals surface area contributed by atoms with E-state index < -0.39 is 0 Å². The van der Waals surface area contributed by atoms with Gasteiger partial charge >= 0.3 is 5.97 Å². The summed E-state index contributed by atoms with van der Waals surface area (Å²) in [5.41, 5.74) is 1.66. The normalized spacial score (nSPS) is 29.2. The molecular formula is C16H24NO3+. The lowest BCUT2D eigenvalue weighted by Crippen LogP contribution is -2.52. The third-order valence-electron chi connectivity index (χ3n) is 4.98. The Hall–Kier alpha value is -1.55. The van der Waals surface area contributed by atoms with Gasteiger partial charge in [0.1, 0.15) is 17.0 Å². The summed E-state index contributed by atoms with van der Waals surface area (Å²) in [6.45, 7) is 4.56. The summed E-state index contributed by atoms with van der Waals surface area (Å²) >= 11 is 0. The number of carbonyl (C=O) groups excluding carboxylic acids is 1. The van der Waals surface area contributed by atoms with E-state index in [4.69, 9.17) is 9.47 Å². The third kappa shape index (κ3) is 2.18. The number of rotatable bonds is 3. The summed E-state index contributed by atoms with van der Waals surface area (Å²) in [6, 6.07) is 6.94. The highest BCUT2D eigenvalue weighted by Gasteiger charge is 2.43. The van der Waals surface area contributed by atoms with Crippen molar-refractivity contribution in [3.8, 4) is 5.75 Å². The number of ether oxygens (including phenoxy) is 2. The monoisotopic (exact) mass is 278 g/mol. The maximum absolute atomic E-state index is 11.7. The van der Waals surface area contributed by atoms with Crippen LogP contribution in [0.15, 0.2) is 18.2 Å². The van der Waals surface area contributed by atoms with Crippen molar-refractivity contribution in [3.63, 3.8) is 0 Å². The van der Waals surface area contributed by atoms with Gasteiger partial charge in [0.05, 0.1) is 33.4 Å². The summed E-state index contributed by atoms with van der Waals surface area (Å²) in [5.74, 6) is 0.221. The number of hydrogen-bond donors (Lipinski definition) is 0. The van der Waals surface area contributed by atoms with Crippen molar-refractivity contribution in [1.82, 2.24) is 4.48 Å². The Morgan fingerprint density at radius 2 is 1.80 bits per heavy atom. The Bertz CT molecular complexity index is 502. The minimum Gasteiger partial charge on any atom is -0.496 e. The summed E-state index contributed by atoms with van der Waals surface area (Å²) in [4.78, 5) is 11.7. The van der Waals surface area contributed by atoms with Gasteiger partial charge in [0, 0.05) is 25.0 Å².